The second kappa shape index (κ2) is 11.7. The lowest BCUT2D eigenvalue weighted by Crippen LogP contribution is -2.35. The van der Waals surface area contributed by atoms with Crippen molar-refractivity contribution >= 4 is 38.2 Å². The number of nitrogens with zero attached hydrogens (tertiary/aromatic N) is 2. The van der Waals surface area contributed by atoms with Crippen LogP contribution < -0.4 is 10.7 Å². The summed E-state index contributed by atoms with van der Waals surface area (Å²) in [5.74, 6) is -1.00. The van der Waals surface area contributed by atoms with Gasteiger partial charge in [-0.1, -0.05) is 48.0 Å². The summed E-state index contributed by atoms with van der Waals surface area (Å²) in [7, 11) is -3.76. The molecular weight excluding hydrogens is 538 g/mol. The highest BCUT2D eigenvalue weighted by atomic mass is 35.5. The molecule has 1 saturated heterocycles. The van der Waals surface area contributed by atoms with Crippen molar-refractivity contribution in [2.24, 2.45) is 0 Å². The van der Waals surface area contributed by atoms with Crippen molar-refractivity contribution in [1.82, 2.24) is 14.8 Å². The maximum atomic E-state index is 13.6. The molecule has 0 radical (unpaired) electrons. The Labute approximate surface area is 231 Å². The second-order valence-electron chi connectivity index (χ2n) is 9.45. The van der Waals surface area contributed by atoms with Crippen LogP contribution in [-0.2, 0) is 33.5 Å². The minimum atomic E-state index is -3.76. The van der Waals surface area contributed by atoms with Gasteiger partial charge in [0.05, 0.1) is 23.6 Å². The smallest absolute Gasteiger partial charge is 0.257 e. The standard InChI is InChI=1S/C29H28ClN3O5S/c30-23-9-6-21(7-10-23)17-31-29(35)26-19-33(20-39(36,37)24-4-2-1-3-5-24)27-11-8-22(16-25(27)28(26)34)18-32-12-14-38-15-13-32/h1-11,16,19H,12-15,17-18,20H2,(H,31,35). The Bertz CT molecular complexity index is 1650. The number of ether oxygens (including phenoxy) is 1. The number of aromatic nitrogens is 1. The molecule has 1 aliphatic rings. The van der Waals surface area contributed by atoms with Gasteiger partial charge in [-0.2, -0.15) is 0 Å². The third-order valence-corrected chi connectivity index (χ3v) is 8.54. The van der Waals surface area contributed by atoms with Crippen molar-refractivity contribution in [2.75, 3.05) is 26.3 Å². The molecule has 39 heavy (non-hydrogen) atoms. The Balaban J connectivity index is 1.52. The largest absolute Gasteiger partial charge is 0.379 e. The van der Waals surface area contributed by atoms with E-state index in [1.165, 1.54) is 22.9 Å². The molecule has 0 unspecified atom stereocenters. The number of carbonyl (C=O) groups is 1. The lowest BCUT2D eigenvalue weighted by Gasteiger charge is -2.26. The molecule has 202 valence electrons. The molecule has 1 N–H and O–H groups in total. The zero-order chi connectivity index (χ0) is 27.4. The molecule has 8 nitrogen and oxygen atoms in total. The van der Waals surface area contributed by atoms with Crippen LogP contribution in [0, 0.1) is 0 Å². The number of amides is 1. The summed E-state index contributed by atoms with van der Waals surface area (Å²) in [6, 6.07) is 20.5. The highest BCUT2D eigenvalue weighted by molar-refractivity contribution is 7.90. The molecule has 4 aromatic rings. The van der Waals surface area contributed by atoms with Crippen molar-refractivity contribution in [2.45, 2.75) is 23.9 Å². The van der Waals surface area contributed by atoms with E-state index in [2.05, 4.69) is 10.2 Å². The molecule has 1 fully saturated rings. The summed E-state index contributed by atoms with van der Waals surface area (Å²) in [6.45, 7) is 3.67. The molecule has 1 aliphatic heterocycles. The first kappa shape index (κ1) is 27.1. The molecule has 3 aromatic carbocycles. The average molecular weight is 566 g/mol. The summed E-state index contributed by atoms with van der Waals surface area (Å²) >= 11 is 5.95. The Kier molecular flexibility index (Phi) is 8.13. The molecule has 1 aromatic heterocycles. The van der Waals surface area contributed by atoms with Gasteiger partial charge in [-0.25, -0.2) is 8.42 Å². The topological polar surface area (TPSA) is 97.7 Å². The van der Waals surface area contributed by atoms with Crippen LogP contribution in [0.25, 0.3) is 10.9 Å². The van der Waals surface area contributed by atoms with Gasteiger partial charge in [0, 0.05) is 42.8 Å². The van der Waals surface area contributed by atoms with Gasteiger partial charge in [-0.3, -0.25) is 14.5 Å². The maximum absolute atomic E-state index is 13.6. The number of sulfone groups is 1. The number of rotatable bonds is 8. The fraction of sp³-hybridized carbons (Fsp3) is 0.241. The van der Waals surface area contributed by atoms with Crippen molar-refractivity contribution < 1.29 is 17.9 Å². The van der Waals surface area contributed by atoms with E-state index in [1.54, 1.807) is 54.6 Å². The molecule has 5 rings (SSSR count). The lowest BCUT2D eigenvalue weighted by molar-refractivity contribution is 0.0342. The molecule has 0 aliphatic carbocycles. The first-order valence-corrected chi connectivity index (χ1v) is 14.6. The van der Waals surface area contributed by atoms with Gasteiger partial charge in [-0.05, 0) is 47.5 Å². The van der Waals surface area contributed by atoms with Gasteiger partial charge in [-0.15, -0.1) is 0 Å². The molecule has 10 heteroatoms. The normalized spacial score (nSPS) is 14.4. The predicted octanol–water partition coefficient (Wildman–Crippen LogP) is 3.85. The number of hydrogen-bond acceptors (Lipinski definition) is 6. The Morgan fingerprint density at radius 2 is 1.64 bits per heavy atom. The summed E-state index contributed by atoms with van der Waals surface area (Å²) in [4.78, 5) is 29.2. The van der Waals surface area contributed by atoms with E-state index < -0.39 is 27.1 Å². The van der Waals surface area contributed by atoms with Crippen molar-refractivity contribution in [1.29, 1.82) is 0 Å². The first-order valence-electron chi connectivity index (χ1n) is 12.6. The van der Waals surface area contributed by atoms with Gasteiger partial charge in [0.15, 0.2) is 9.84 Å². The van der Waals surface area contributed by atoms with E-state index in [0.717, 1.165) is 24.2 Å². The Morgan fingerprint density at radius 3 is 2.36 bits per heavy atom. The van der Waals surface area contributed by atoms with Gasteiger partial charge >= 0.3 is 0 Å². The first-order chi connectivity index (χ1) is 18.8. The van der Waals surface area contributed by atoms with Crippen LogP contribution in [0.2, 0.25) is 5.02 Å². The number of morpholine rings is 1. The second-order valence-corrected chi connectivity index (χ2v) is 11.8. The number of nitrogens with one attached hydrogen (secondary N) is 1. The van der Waals surface area contributed by atoms with Crippen molar-refractivity contribution in [3.8, 4) is 0 Å². The number of carbonyl (C=O) groups excluding carboxylic acids is 1. The van der Waals surface area contributed by atoms with E-state index >= 15 is 0 Å². The predicted molar refractivity (Wildman–Crippen MR) is 151 cm³/mol. The van der Waals surface area contributed by atoms with Gasteiger partial charge in [0.25, 0.3) is 5.91 Å². The van der Waals surface area contributed by atoms with Crippen LogP contribution in [0.1, 0.15) is 21.5 Å². The fourth-order valence-electron chi connectivity index (χ4n) is 4.59. The summed E-state index contributed by atoms with van der Waals surface area (Å²) in [5.41, 5.74) is 1.59. The average Bonchev–Trinajstić information content (AvgIpc) is 2.95. The Hall–Kier alpha value is -3.50. The van der Waals surface area contributed by atoms with E-state index in [9.17, 15) is 18.0 Å². The number of fused-ring (bicyclic) bond motifs is 1. The van der Waals surface area contributed by atoms with E-state index in [1.807, 2.05) is 6.07 Å². The third kappa shape index (κ3) is 6.39. The highest BCUT2D eigenvalue weighted by Crippen LogP contribution is 2.20. The molecule has 0 saturated carbocycles. The SMILES string of the molecule is O=C(NCc1ccc(Cl)cc1)c1cn(CS(=O)(=O)c2ccccc2)c2ccc(CN3CCOCC3)cc2c1=O. The number of hydrogen-bond donors (Lipinski definition) is 1. The fourth-order valence-corrected chi connectivity index (χ4v) is 6.02. The summed E-state index contributed by atoms with van der Waals surface area (Å²) in [5, 5.41) is 3.65. The van der Waals surface area contributed by atoms with E-state index in [-0.39, 0.29) is 17.0 Å². The molecule has 0 atom stereocenters. The van der Waals surface area contributed by atoms with E-state index in [4.69, 9.17) is 16.3 Å². The van der Waals surface area contributed by atoms with Gasteiger partial charge < -0.3 is 14.6 Å². The summed E-state index contributed by atoms with van der Waals surface area (Å²) < 4.78 is 33.4. The summed E-state index contributed by atoms with van der Waals surface area (Å²) in [6.07, 6.45) is 1.34. The monoisotopic (exact) mass is 565 g/mol. The van der Waals surface area contributed by atoms with Crippen molar-refractivity contribution in [3.63, 3.8) is 0 Å². The van der Waals surface area contributed by atoms with Gasteiger partial charge in [0.2, 0.25) is 5.43 Å². The van der Waals surface area contributed by atoms with Crippen LogP contribution in [0.5, 0.6) is 0 Å². The van der Waals surface area contributed by atoms with Gasteiger partial charge in [0.1, 0.15) is 11.4 Å². The van der Waals surface area contributed by atoms with E-state index in [0.29, 0.717) is 35.7 Å². The van der Waals surface area contributed by atoms with Crippen LogP contribution >= 0.6 is 11.6 Å². The van der Waals surface area contributed by atoms with Crippen molar-refractivity contribution in [3.05, 3.63) is 111 Å². The Morgan fingerprint density at radius 1 is 0.949 bits per heavy atom. The number of halogens is 1. The third-order valence-electron chi connectivity index (χ3n) is 6.68. The van der Waals surface area contributed by atoms with Crippen LogP contribution in [0.15, 0.2) is 88.7 Å². The zero-order valence-electron chi connectivity index (χ0n) is 21.2. The van der Waals surface area contributed by atoms with Crippen LogP contribution in [0.4, 0.5) is 0 Å². The van der Waals surface area contributed by atoms with Crippen LogP contribution in [-0.4, -0.2) is 50.1 Å². The molecule has 2 heterocycles. The maximum Gasteiger partial charge on any atom is 0.257 e. The molecular formula is C29H28ClN3O5S. The molecule has 1 amide bonds. The minimum Gasteiger partial charge on any atom is -0.379 e. The highest BCUT2D eigenvalue weighted by Gasteiger charge is 2.21. The molecule has 0 spiro atoms. The molecule has 0 bridgehead atoms. The zero-order valence-corrected chi connectivity index (χ0v) is 22.7. The lowest BCUT2D eigenvalue weighted by atomic mass is 10.1. The van der Waals surface area contributed by atoms with Crippen LogP contribution in [0.3, 0.4) is 0 Å². The minimum absolute atomic E-state index is 0.122. The quantitative estimate of drug-likeness (QED) is 0.348. The number of benzene rings is 3. The number of pyridine rings is 1.